The summed E-state index contributed by atoms with van der Waals surface area (Å²) in [5, 5.41) is 16.2. The molecular weight excluding hydrogens is 209 g/mol. The van der Waals surface area contributed by atoms with Crippen LogP contribution >= 0.6 is 0 Å². The zero-order valence-electron chi connectivity index (χ0n) is 7.55. The van der Waals surface area contributed by atoms with Gasteiger partial charge < -0.3 is 10.8 Å². The summed E-state index contributed by atoms with van der Waals surface area (Å²) in [6.45, 7) is 0. The van der Waals surface area contributed by atoms with Crippen LogP contribution in [0.2, 0.25) is 0 Å². The first-order valence-corrected chi connectivity index (χ1v) is 4.01. The van der Waals surface area contributed by atoms with Gasteiger partial charge in [-0.1, -0.05) is 12.1 Å². The van der Waals surface area contributed by atoms with Gasteiger partial charge in [0.1, 0.15) is 11.9 Å². The predicted molar refractivity (Wildman–Crippen MR) is 48.3 cm³/mol. The van der Waals surface area contributed by atoms with Crippen molar-refractivity contribution in [3.63, 3.8) is 0 Å². The fraction of sp³-hybridized carbons (Fsp3) is 0.222. The highest BCUT2D eigenvalue weighted by molar-refractivity contribution is 5.82. The first-order valence-electron chi connectivity index (χ1n) is 4.01. The Balaban J connectivity index is 3.08. The van der Waals surface area contributed by atoms with Crippen LogP contribution in [0.4, 0.5) is 13.2 Å². The number of hydrogen-bond donors (Lipinski definition) is 3. The Bertz CT molecular complexity index is 376. The molecule has 0 saturated carbocycles. The van der Waals surface area contributed by atoms with Crippen molar-refractivity contribution in [1.29, 1.82) is 5.41 Å². The lowest BCUT2D eigenvalue weighted by Gasteiger charge is -2.12. The average molecular weight is 218 g/mol. The third kappa shape index (κ3) is 2.69. The van der Waals surface area contributed by atoms with Crippen molar-refractivity contribution < 1.29 is 18.3 Å². The number of aliphatic hydroxyl groups is 1. The van der Waals surface area contributed by atoms with Crippen LogP contribution in [0.3, 0.4) is 0 Å². The van der Waals surface area contributed by atoms with Gasteiger partial charge in [0.15, 0.2) is 0 Å². The number of nitrogens with two attached hydrogens (primary N) is 1. The molecule has 0 radical (unpaired) electrons. The Morgan fingerprint density at radius 2 is 2.00 bits per heavy atom. The molecule has 0 bridgehead atoms. The predicted octanol–water partition coefficient (Wildman–Crippen LogP) is 1.67. The molecule has 0 fully saturated rings. The fourth-order valence-corrected chi connectivity index (χ4v) is 1.06. The van der Waals surface area contributed by atoms with E-state index >= 15 is 0 Å². The van der Waals surface area contributed by atoms with Gasteiger partial charge >= 0.3 is 6.18 Å². The Morgan fingerprint density at radius 1 is 1.40 bits per heavy atom. The number of hydrogen-bond acceptors (Lipinski definition) is 2. The lowest BCUT2D eigenvalue weighted by molar-refractivity contribution is -0.137. The van der Waals surface area contributed by atoms with Gasteiger partial charge in [-0.05, 0) is 17.7 Å². The van der Waals surface area contributed by atoms with Gasteiger partial charge in [0, 0.05) is 0 Å². The number of benzene rings is 1. The van der Waals surface area contributed by atoms with E-state index in [1.165, 1.54) is 6.07 Å². The molecule has 0 aliphatic carbocycles. The Labute approximate surface area is 83.8 Å². The molecule has 15 heavy (non-hydrogen) atoms. The molecule has 1 aromatic carbocycles. The van der Waals surface area contributed by atoms with Crippen LogP contribution in [0.5, 0.6) is 0 Å². The topological polar surface area (TPSA) is 70.1 Å². The average Bonchev–Trinajstić information content (AvgIpc) is 2.15. The van der Waals surface area contributed by atoms with Crippen LogP contribution in [0.1, 0.15) is 17.2 Å². The number of halogens is 3. The second kappa shape index (κ2) is 3.90. The van der Waals surface area contributed by atoms with E-state index < -0.39 is 23.7 Å². The second-order valence-electron chi connectivity index (χ2n) is 2.98. The standard InChI is InChI=1S/C9H9F3N2O/c10-9(11,12)6-3-1-2-5(4-6)7(15)8(13)14/h1-4,7,15H,(H3,13,14). The molecule has 0 aliphatic rings. The molecule has 1 atom stereocenters. The molecule has 0 aromatic heterocycles. The van der Waals surface area contributed by atoms with Crippen LogP contribution in [-0.2, 0) is 6.18 Å². The van der Waals surface area contributed by atoms with Crippen molar-refractivity contribution in [3.8, 4) is 0 Å². The van der Waals surface area contributed by atoms with Gasteiger partial charge in [-0.3, -0.25) is 5.41 Å². The zero-order valence-corrected chi connectivity index (χ0v) is 7.55. The molecule has 3 nitrogen and oxygen atoms in total. The van der Waals surface area contributed by atoms with E-state index in [-0.39, 0.29) is 5.56 Å². The third-order valence-electron chi connectivity index (χ3n) is 1.82. The van der Waals surface area contributed by atoms with Crippen LogP contribution in [-0.4, -0.2) is 10.9 Å². The number of alkyl halides is 3. The SMILES string of the molecule is N=C(N)C(O)c1cccc(C(F)(F)F)c1. The minimum Gasteiger partial charge on any atom is -0.385 e. The quantitative estimate of drug-likeness (QED) is 0.522. The maximum Gasteiger partial charge on any atom is 0.416 e. The molecule has 1 rings (SSSR count). The van der Waals surface area contributed by atoms with Crippen molar-refractivity contribution in [1.82, 2.24) is 0 Å². The zero-order chi connectivity index (χ0) is 11.6. The third-order valence-corrected chi connectivity index (χ3v) is 1.82. The molecule has 82 valence electrons. The molecule has 1 aromatic rings. The summed E-state index contributed by atoms with van der Waals surface area (Å²) < 4.78 is 36.8. The largest absolute Gasteiger partial charge is 0.416 e. The van der Waals surface area contributed by atoms with Gasteiger partial charge in [-0.2, -0.15) is 13.2 Å². The Hall–Kier alpha value is -1.56. The highest BCUT2D eigenvalue weighted by atomic mass is 19.4. The molecule has 0 amide bonds. The highest BCUT2D eigenvalue weighted by Crippen LogP contribution is 2.30. The minimum atomic E-state index is -4.47. The maximum absolute atomic E-state index is 12.3. The number of nitrogens with one attached hydrogen (secondary N) is 1. The summed E-state index contributed by atoms with van der Waals surface area (Å²) in [7, 11) is 0. The molecule has 1 unspecified atom stereocenters. The minimum absolute atomic E-state index is 0.0441. The Kier molecular flexibility index (Phi) is 2.99. The van der Waals surface area contributed by atoms with Crippen molar-refractivity contribution in [2.75, 3.05) is 0 Å². The van der Waals surface area contributed by atoms with E-state index in [0.29, 0.717) is 0 Å². The molecule has 0 saturated heterocycles. The summed E-state index contributed by atoms with van der Waals surface area (Å²) in [5.41, 5.74) is 4.06. The van der Waals surface area contributed by atoms with E-state index in [1.807, 2.05) is 0 Å². The van der Waals surface area contributed by atoms with Gasteiger partial charge in [-0.15, -0.1) is 0 Å². The lowest BCUT2D eigenvalue weighted by atomic mass is 10.1. The van der Waals surface area contributed by atoms with Gasteiger partial charge in [0.2, 0.25) is 0 Å². The molecule has 0 spiro atoms. The van der Waals surface area contributed by atoms with Crippen molar-refractivity contribution in [3.05, 3.63) is 35.4 Å². The summed E-state index contributed by atoms with van der Waals surface area (Å²) >= 11 is 0. The molecule has 0 heterocycles. The van der Waals surface area contributed by atoms with Crippen molar-refractivity contribution in [2.45, 2.75) is 12.3 Å². The van der Waals surface area contributed by atoms with E-state index in [2.05, 4.69) is 0 Å². The smallest absolute Gasteiger partial charge is 0.385 e. The lowest BCUT2D eigenvalue weighted by Crippen LogP contribution is -2.20. The van der Waals surface area contributed by atoms with E-state index in [0.717, 1.165) is 18.2 Å². The molecule has 4 N–H and O–H groups in total. The van der Waals surface area contributed by atoms with E-state index in [9.17, 15) is 18.3 Å². The second-order valence-corrected chi connectivity index (χ2v) is 2.98. The fourth-order valence-electron chi connectivity index (χ4n) is 1.06. The van der Waals surface area contributed by atoms with Crippen LogP contribution in [0.15, 0.2) is 24.3 Å². The molecule has 6 heteroatoms. The summed E-state index contributed by atoms with van der Waals surface area (Å²) in [6, 6.07) is 4.09. The van der Waals surface area contributed by atoms with Crippen molar-refractivity contribution in [2.24, 2.45) is 5.73 Å². The van der Waals surface area contributed by atoms with Gasteiger partial charge in [-0.25, -0.2) is 0 Å². The van der Waals surface area contributed by atoms with E-state index in [4.69, 9.17) is 11.1 Å². The number of rotatable bonds is 2. The van der Waals surface area contributed by atoms with Crippen LogP contribution in [0.25, 0.3) is 0 Å². The van der Waals surface area contributed by atoms with Crippen LogP contribution in [0, 0.1) is 5.41 Å². The number of amidine groups is 1. The summed E-state index contributed by atoms with van der Waals surface area (Å²) in [5.74, 6) is -0.589. The van der Waals surface area contributed by atoms with Crippen molar-refractivity contribution >= 4 is 5.84 Å². The van der Waals surface area contributed by atoms with Gasteiger partial charge in [0.05, 0.1) is 5.56 Å². The van der Waals surface area contributed by atoms with Gasteiger partial charge in [0.25, 0.3) is 0 Å². The van der Waals surface area contributed by atoms with Crippen LogP contribution < -0.4 is 5.73 Å². The van der Waals surface area contributed by atoms with E-state index in [1.54, 1.807) is 0 Å². The monoisotopic (exact) mass is 218 g/mol. The maximum atomic E-state index is 12.3. The normalized spacial score (nSPS) is 13.6. The summed E-state index contributed by atoms with van der Waals surface area (Å²) in [6.07, 6.45) is -5.96. The summed E-state index contributed by atoms with van der Waals surface area (Å²) in [4.78, 5) is 0. The Morgan fingerprint density at radius 3 is 2.47 bits per heavy atom. The highest BCUT2D eigenvalue weighted by Gasteiger charge is 2.30. The molecule has 0 aliphatic heterocycles. The number of aliphatic hydroxyl groups excluding tert-OH is 1. The first kappa shape index (κ1) is 11.5. The first-order chi connectivity index (χ1) is 6.82. The molecular formula is C9H9F3N2O.